The fourth-order valence-corrected chi connectivity index (χ4v) is 2.19. The zero-order valence-corrected chi connectivity index (χ0v) is 11.3. The van der Waals surface area contributed by atoms with Crippen molar-refractivity contribution in [3.8, 4) is 5.75 Å². The summed E-state index contributed by atoms with van der Waals surface area (Å²) in [7, 11) is 0. The van der Waals surface area contributed by atoms with E-state index in [1.165, 1.54) is 12.1 Å². The van der Waals surface area contributed by atoms with Gasteiger partial charge in [-0.25, -0.2) is 5.43 Å². The molecular formula is C15H15F3N2O. The first-order valence-corrected chi connectivity index (χ1v) is 6.28. The largest absolute Gasteiger partial charge is 0.573 e. The van der Waals surface area contributed by atoms with Crippen LogP contribution in [0.5, 0.6) is 5.75 Å². The Morgan fingerprint density at radius 1 is 1.00 bits per heavy atom. The summed E-state index contributed by atoms with van der Waals surface area (Å²) in [5, 5.41) is 0. The number of hydrogen-bond donors (Lipinski definition) is 2. The van der Waals surface area contributed by atoms with Crippen molar-refractivity contribution in [2.75, 3.05) is 0 Å². The number of rotatable bonds is 4. The third-order valence-corrected chi connectivity index (χ3v) is 3.12. The van der Waals surface area contributed by atoms with Crippen molar-refractivity contribution in [1.82, 2.24) is 5.43 Å². The summed E-state index contributed by atoms with van der Waals surface area (Å²) in [4.78, 5) is 0. The van der Waals surface area contributed by atoms with Gasteiger partial charge in [-0.2, -0.15) is 0 Å². The molecule has 0 saturated heterocycles. The van der Waals surface area contributed by atoms with Crippen molar-refractivity contribution < 1.29 is 17.9 Å². The van der Waals surface area contributed by atoms with Crippen molar-refractivity contribution in [2.45, 2.75) is 19.3 Å². The number of para-hydroxylation sites is 1. The van der Waals surface area contributed by atoms with Gasteiger partial charge in [0, 0.05) is 5.56 Å². The van der Waals surface area contributed by atoms with E-state index in [0.717, 1.165) is 11.1 Å². The third-order valence-electron chi connectivity index (χ3n) is 3.12. The van der Waals surface area contributed by atoms with Crippen LogP contribution >= 0.6 is 0 Å². The number of nitrogens with one attached hydrogen (secondary N) is 1. The maximum atomic E-state index is 12.5. The SMILES string of the molecule is Cc1ccccc1C(NN)c1ccccc1OC(F)(F)F. The lowest BCUT2D eigenvalue weighted by Gasteiger charge is -2.22. The average molecular weight is 296 g/mol. The predicted octanol–water partition coefficient (Wildman–Crippen LogP) is 3.45. The fraction of sp³-hybridized carbons (Fsp3) is 0.200. The van der Waals surface area contributed by atoms with Crippen LogP contribution in [0, 0.1) is 6.92 Å². The molecule has 3 N–H and O–H groups in total. The molecule has 0 bridgehead atoms. The lowest BCUT2D eigenvalue weighted by atomic mass is 9.95. The highest BCUT2D eigenvalue weighted by Crippen LogP contribution is 2.33. The molecule has 0 amide bonds. The highest BCUT2D eigenvalue weighted by atomic mass is 19.4. The van der Waals surface area contributed by atoms with Crippen LogP contribution in [0.4, 0.5) is 13.2 Å². The van der Waals surface area contributed by atoms with Gasteiger partial charge < -0.3 is 4.74 Å². The minimum absolute atomic E-state index is 0.267. The number of hydrazine groups is 1. The second-order valence-electron chi connectivity index (χ2n) is 4.54. The summed E-state index contributed by atoms with van der Waals surface area (Å²) < 4.78 is 41.6. The number of aryl methyl sites for hydroxylation is 1. The van der Waals surface area contributed by atoms with Crippen LogP contribution in [0.3, 0.4) is 0 Å². The molecule has 0 fully saturated rings. The Hall–Kier alpha value is -2.05. The highest BCUT2D eigenvalue weighted by molar-refractivity contribution is 5.43. The Balaban J connectivity index is 2.46. The normalized spacial score (nSPS) is 13.0. The van der Waals surface area contributed by atoms with E-state index in [9.17, 15) is 13.2 Å². The maximum Gasteiger partial charge on any atom is 0.573 e. The van der Waals surface area contributed by atoms with E-state index in [-0.39, 0.29) is 5.75 Å². The molecule has 21 heavy (non-hydrogen) atoms. The Bertz CT molecular complexity index is 614. The van der Waals surface area contributed by atoms with Gasteiger partial charge in [-0.15, -0.1) is 13.2 Å². The van der Waals surface area contributed by atoms with Gasteiger partial charge in [0.05, 0.1) is 6.04 Å². The molecule has 2 rings (SSSR count). The average Bonchev–Trinajstić information content (AvgIpc) is 2.42. The molecule has 3 nitrogen and oxygen atoms in total. The van der Waals surface area contributed by atoms with Gasteiger partial charge in [0.1, 0.15) is 5.75 Å². The summed E-state index contributed by atoms with van der Waals surface area (Å²) in [6, 6.07) is 12.7. The lowest BCUT2D eigenvalue weighted by molar-refractivity contribution is -0.275. The van der Waals surface area contributed by atoms with Crippen molar-refractivity contribution in [3.63, 3.8) is 0 Å². The Morgan fingerprint density at radius 2 is 1.57 bits per heavy atom. The first kappa shape index (κ1) is 15.3. The van der Waals surface area contributed by atoms with Crippen LogP contribution in [0.25, 0.3) is 0 Å². The molecule has 112 valence electrons. The van der Waals surface area contributed by atoms with Gasteiger partial charge in [-0.05, 0) is 24.1 Å². The summed E-state index contributed by atoms with van der Waals surface area (Å²) >= 11 is 0. The molecule has 0 spiro atoms. The summed E-state index contributed by atoms with van der Waals surface area (Å²) in [5.74, 6) is 5.28. The number of hydrogen-bond acceptors (Lipinski definition) is 3. The van der Waals surface area contributed by atoms with E-state index < -0.39 is 12.4 Å². The molecule has 0 saturated carbocycles. The smallest absolute Gasteiger partial charge is 0.405 e. The number of ether oxygens (including phenoxy) is 1. The molecule has 0 aromatic heterocycles. The number of nitrogens with two attached hydrogens (primary N) is 1. The molecule has 6 heteroatoms. The molecule has 0 aliphatic heterocycles. The van der Waals surface area contributed by atoms with Gasteiger partial charge in [0.15, 0.2) is 0 Å². The second kappa shape index (κ2) is 6.15. The minimum atomic E-state index is -4.75. The molecule has 2 aromatic carbocycles. The van der Waals surface area contributed by atoms with Crippen molar-refractivity contribution >= 4 is 0 Å². The molecule has 0 aliphatic carbocycles. The van der Waals surface area contributed by atoms with Gasteiger partial charge in [-0.1, -0.05) is 42.5 Å². The van der Waals surface area contributed by atoms with E-state index in [4.69, 9.17) is 5.84 Å². The standard InChI is InChI=1S/C15H15F3N2O/c1-10-6-2-3-7-11(10)14(20-19)12-8-4-5-9-13(12)21-15(16,17)18/h2-9,14,20H,19H2,1H3. The molecule has 0 heterocycles. The van der Waals surface area contributed by atoms with E-state index in [2.05, 4.69) is 10.2 Å². The minimum Gasteiger partial charge on any atom is -0.405 e. The molecule has 0 aliphatic rings. The van der Waals surface area contributed by atoms with Crippen LogP contribution < -0.4 is 16.0 Å². The zero-order chi connectivity index (χ0) is 15.5. The maximum absolute atomic E-state index is 12.5. The number of benzene rings is 2. The Labute approximate surface area is 120 Å². The first-order chi connectivity index (χ1) is 9.92. The van der Waals surface area contributed by atoms with E-state index in [0.29, 0.717) is 5.56 Å². The van der Waals surface area contributed by atoms with Crippen molar-refractivity contribution in [1.29, 1.82) is 0 Å². The van der Waals surface area contributed by atoms with Crippen molar-refractivity contribution in [2.24, 2.45) is 5.84 Å². The topological polar surface area (TPSA) is 47.3 Å². The van der Waals surface area contributed by atoms with Crippen LogP contribution in [0.1, 0.15) is 22.7 Å². The monoisotopic (exact) mass is 296 g/mol. The number of alkyl halides is 3. The third kappa shape index (κ3) is 3.74. The number of halogens is 3. The molecule has 2 aromatic rings. The van der Waals surface area contributed by atoms with Gasteiger partial charge in [0.25, 0.3) is 0 Å². The van der Waals surface area contributed by atoms with Crippen LogP contribution in [0.2, 0.25) is 0 Å². The van der Waals surface area contributed by atoms with Crippen molar-refractivity contribution in [3.05, 3.63) is 65.2 Å². The van der Waals surface area contributed by atoms with Gasteiger partial charge >= 0.3 is 6.36 Å². The Morgan fingerprint density at radius 3 is 2.14 bits per heavy atom. The molecule has 1 unspecified atom stereocenters. The predicted molar refractivity (Wildman–Crippen MR) is 73.5 cm³/mol. The molecular weight excluding hydrogens is 281 g/mol. The fourth-order valence-electron chi connectivity index (χ4n) is 2.19. The summed E-state index contributed by atoms with van der Waals surface area (Å²) in [6.07, 6.45) is -4.75. The quantitative estimate of drug-likeness (QED) is 0.671. The Kier molecular flexibility index (Phi) is 4.50. The zero-order valence-electron chi connectivity index (χ0n) is 11.3. The lowest BCUT2D eigenvalue weighted by Crippen LogP contribution is -2.30. The summed E-state index contributed by atoms with van der Waals surface area (Å²) in [5.41, 5.74) is 4.59. The van der Waals surface area contributed by atoms with Gasteiger partial charge in [0.2, 0.25) is 0 Å². The van der Waals surface area contributed by atoms with Crippen LogP contribution in [-0.4, -0.2) is 6.36 Å². The van der Waals surface area contributed by atoms with Crippen LogP contribution in [0.15, 0.2) is 48.5 Å². The van der Waals surface area contributed by atoms with Gasteiger partial charge in [-0.3, -0.25) is 5.84 Å². The summed E-state index contributed by atoms with van der Waals surface area (Å²) in [6.45, 7) is 1.87. The highest BCUT2D eigenvalue weighted by Gasteiger charge is 2.33. The molecule has 1 atom stereocenters. The first-order valence-electron chi connectivity index (χ1n) is 6.28. The van der Waals surface area contributed by atoms with E-state index in [1.54, 1.807) is 18.2 Å². The molecule has 0 radical (unpaired) electrons. The second-order valence-corrected chi connectivity index (χ2v) is 4.54. The van der Waals surface area contributed by atoms with Crippen LogP contribution in [-0.2, 0) is 0 Å². The van der Waals surface area contributed by atoms with E-state index >= 15 is 0 Å². The van der Waals surface area contributed by atoms with E-state index in [1.807, 2.05) is 25.1 Å².